The minimum absolute atomic E-state index is 0.603. The number of aryl methyl sites for hydroxylation is 2. The molecule has 3 nitrogen and oxygen atoms in total. The molecule has 2 N–H and O–H groups in total. The van der Waals surface area contributed by atoms with Crippen LogP contribution in [0.4, 0.5) is 0 Å². The van der Waals surface area contributed by atoms with Crippen molar-refractivity contribution in [2.24, 2.45) is 0 Å². The van der Waals surface area contributed by atoms with Crippen LogP contribution in [0.2, 0.25) is 5.02 Å². The maximum Gasteiger partial charge on any atom is 0.0492 e. The summed E-state index contributed by atoms with van der Waals surface area (Å²) in [4.78, 5) is 0. The second-order valence-corrected chi connectivity index (χ2v) is 5.74. The number of hydrogen-bond donors (Lipinski definition) is 2. The number of hydrogen-bond acceptors (Lipinski definition) is 2. The van der Waals surface area contributed by atoms with Crippen LogP contribution in [-0.2, 0) is 6.54 Å². The summed E-state index contributed by atoms with van der Waals surface area (Å²) in [6.07, 6.45) is 0.659. The van der Waals surface area contributed by atoms with Crippen LogP contribution in [0.1, 0.15) is 12.0 Å². The first-order chi connectivity index (χ1) is 10.1. The van der Waals surface area contributed by atoms with Gasteiger partial charge in [0, 0.05) is 45.5 Å². The van der Waals surface area contributed by atoms with Crippen LogP contribution in [0, 0.1) is 6.92 Å². The number of benzene rings is 2. The van der Waals surface area contributed by atoms with Gasteiger partial charge in [-0.2, -0.15) is 0 Å². The van der Waals surface area contributed by atoms with E-state index < -0.39 is 0 Å². The Labute approximate surface area is 128 Å². The van der Waals surface area contributed by atoms with Crippen LogP contribution >= 0.6 is 11.6 Å². The Hall–Kier alpha value is -1.97. The molecule has 0 aliphatic heterocycles. The number of nitrogens with zero attached hydrogens (tertiary/aromatic N) is 1. The molecule has 0 aliphatic carbocycles. The van der Waals surface area contributed by atoms with E-state index >= 15 is 0 Å². The van der Waals surface area contributed by atoms with Gasteiger partial charge < -0.3 is 4.57 Å². The molecular formula is C17H17ClN2O. The fourth-order valence-electron chi connectivity index (χ4n) is 2.73. The number of fused-ring (bicyclic) bond motifs is 3. The predicted octanol–water partition coefficient (Wildman–Crippen LogP) is 4.64. The molecule has 4 heteroatoms. The van der Waals surface area contributed by atoms with Gasteiger partial charge in [0.1, 0.15) is 0 Å². The smallest absolute Gasteiger partial charge is 0.0492 e. The lowest BCUT2D eigenvalue weighted by Crippen LogP contribution is -2.08. The first kappa shape index (κ1) is 14.0. The molecule has 0 aliphatic rings. The Balaban J connectivity index is 2.22. The third-order valence-electron chi connectivity index (χ3n) is 3.78. The van der Waals surface area contributed by atoms with E-state index in [1.807, 2.05) is 18.2 Å². The largest absolute Gasteiger partial charge is 0.340 e. The summed E-state index contributed by atoms with van der Waals surface area (Å²) in [6.45, 7) is 6.60. The highest BCUT2D eigenvalue weighted by Gasteiger charge is 2.11. The summed E-state index contributed by atoms with van der Waals surface area (Å²) < 4.78 is 2.24. The maximum absolute atomic E-state index is 8.89. The van der Waals surface area contributed by atoms with Crippen molar-refractivity contribution in [3.63, 3.8) is 0 Å². The van der Waals surface area contributed by atoms with Crippen molar-refractivity contribution in [2.45, 2.75) is 19.9 Å². The SMILES string of the molecule is C=C(CCn1c2ccc(C)cc2c2cc(Cl)ccc21)NO. The Morgan fingerprint density at radius 1 is 1.19 bits per heavy atom. The van der Waals surface area contributed by atoms with Gasteiger partial charge in [-0.05, 0) is 37.3 Å². The van der Waals surface area contributed by atoms with Gasteiger partial charge in [-0.3, -0.25) is 10.7 Å². The molecule has 0 unspecified atom stereocenters. The van der Waals surface area contributed by atoms with Crippen LogP contribution in [0.15, 0.2) is 48.7 Å². The van der Waals surface area contributed by atoms with E-state index in [4.69, 9.17) is 16.8 Å². The average Bonchev–Trinajstić information content (AvgIpc) is 2.77. The van der Waals surface area contributed by atoms with Crippen LogP contribution in [-0.4, -0.2) is 9.77 Å². The molecule has 0 radical (unpaired) electrons. The van der Waals surface area contributed by atoms with Gasteiger partial charge >= 0.3 is 0 Å². The van der Waals surface area contributed by atoms with Crippen molar-refractivity contribution in [3.8, 4) is 0 Å². The predicted molar refractivity (Wildman–Crippen MR) is 87.9 cm³/mol. The molecule has 2 aromatic carbocycles. The standard InChI is InChI=1S/C17H17ClN2O/c1-11-3-5-16-14(9-11)15-10-13(18)4-6-17(15)20(16)8-7-12(2)19-21/h3-6,9-10,19,21H,2,7-8H2,1H3. The monoisotopic (exact) mass is 300 g/mol. The Kier molecular flexibility index (Phi) is 3.62. The molecule has 3 rings (SSSR count). The highest BCUT2D eigenvalue weighted by Crippen LogP contribution is 2.32. The van der Waals surface area contributed by atoms with Gasteiger partial charge in [-0.25, -0.2) is 0 Å². The van der Waals surface area contributed by atoms with Gasteiger partial charge in [0.2, 0.25) is 0 Å². The molecule has 0 spiro atoms. The second-order valence-electron chi connectivity index (χ2n) is 5.30. The lowest BCUT2D eigenvalue weighted by Gasteiger charge is -2.08. The molecule has 0 bridgehead atoms. The molecule has 1 aromatic heterocycles. The van der Waals surface area contributed by atoms with E-state index in [1.54, 1.807) is 0 Å². The van der Waals surface area contributed by atoms with Crippen molar-refractivity contribution in [3.05, 3.63) is 59.3 Å². The van der Waals surface area contributed by atoms with Gasteiger partial charge in [0.25, 0.3) is 0 Å². The molecular weight excluding hydrogens is 284 g/mol. The summed E-state index contributed by atoms with van der Waals surface area (Å²) in [6, 6.07) is 12.4. The molecule has 0 atom stereocenters. The Bertz CT molecular complexity index is 776. The summed E-state index contributed by atoms with van der Waals surface area (Å²) in [5, 5.41) is 12.0. The third kappa shape index (κ3) is 2.50. The first-order valence-electron chi connectivity index (χ1n) is 6.86. The zero-order valence-corrected chi connectivity index (χ0v) is 12.6. The second kappa shape index (κ2) is 5.43. The zero-order chi connectivity index (χ0) is 15.0. The van der Waals surface area contributed by atoms with Crippen molar-refractivity contribution >= 4 is 33.4 Å². The molecule has 0 fully saturated rings. The van der Waals surface area contributed by atoms with Crippen molar-refractivity contribution in [1.82, 2.24) is 10.0 Å². The van der Waals surface area contributed by atoms with E-state index in [0.717, 1.165) is 22.5 Å². The van der Waals surface area contributed by atoms with Gasteiger partial charge in [0.15, 0.2) is 0 Å². The van der Waals surface area contributed by atoms with Gasteiger partial charge in [-0.15, -0.1) is 0 Å². The normalized spacial score (nSPS) is 11.2. The summed E-state index contributed by atoms with van der Waals surface area (Å²) >= 11 is 6.15. The Morgan fingerprint density at radius 2 is 1.86 bits per heavy atom. The minimum atomic E-state index is 0.603. The molecule has 3 aromatic rings. The van der Waals surface area contributed by atoms with Crippen LogP contribution in [0.25, 0.3) is 21.8 Å². The molecule has 1 heterocycles. The van der Waals surface area contributed by atoms with Crippen LogP contribution < -0.4 is 5.48 Å². The van der Waals surface area contributed by atoms with E-state index in [2.05, 4.69) is 41.7 Å². The van der Waals surface area contributed by atoms with Crippen LogP contribution in [0.3, 0.4) is 0 Å². The Morgan fingerprint density at radius 3 is 2.57 bits per heavy atom. The molecule has 0 amide bonds. The summed E-state index contributed by atoms with van der Waals surface area (Å²) in [5.41, 5.74) is 6.25. The summed E-state index contributed by atoms with van der Waals surface area (Å²) in [7, 11) is 0. The fourth-order valence-corrected chi connectivity index (χ4v) is 2.91. The molecule has 0 saturated carbocycles. The number of nitrogens with one attached hydrogen (secondary N) is 1. The van der Waals surface area contributed by atoms with E-state index in [0.29, 0.717) is 12.1 Å². The minimum Gasteiger partial charge on any atom is -0.340 e. The summed E-state index contributed by atoms with van der Waals surface area (Å²) in [5.74, 6) is 0. The first-order valence-corrected chi connectivity index (χ1v) is 7.24. The van der Waals surface area contributed by atoms with Crippen LogP contribution in [0.5, 0.6) is 0 Å². The van der Waals surface area contributed by atoms with Crippen molar-refractivity contribution in [2.75, 3.05) is 0 Å². The molecule has 21 heavy (non-hydrogen) atoms. The number of allylic oxidation sites excluding steroid dienone is 1. The van der Waals surface area contributed by atoms with E-state index in [9.17, 15) is 0 Å². The van der Waals surface area contributed by atoms with Gasteiger partial charge in [-0.1, -0.05) is 29.8 Å². The lowest BCUT2D eigenvalue weighted by molar-refractivity contribution is 0.195. The number of aromatic nitrogens is 1. The fraction of sp³-hybridized carbons (Fsp3) is 0.176. The van der Waals surface area contributed by atoms with E-state index in [-0.39, 0.29) is 0 Å². The van der Waals surface area contributed by atoms with Crippen molar-refractivity contribution in [1.29, 1.82) is 0 Å². The topological polar surface area (TPSA) is 37.2 Å². The lowest BCUT2D eigenvalue weighted by atomic mass is 10.1. The molecule has 108 valence electrons. The third-order valence-corrected chi connectivity index (χ3v) is 4.01. The van der Waals surface area contributed by atoms with E-state index in [1.165, 1.54) is 16.5 Å². The maximum atomic E-state index is 8.89. The highest BCUT2D eigenvalue weighted by atomic mass is 35.5. The number of rotatable bonds is 4. The molecule has 0 saturated heterocycles. The average molecular weight is 301 g/mol. The van der Waals surface area contributed by atoms with Crippen molar-refractivity contribution < 1.29 is 5.21 Å². The number of hydroxylamine groups is 1. The van der Waals surface area contributed by atoms with Gasteiger partial charge in [0.05, 0.1) is 0 Å². The highest BCUT2D eigenvalue weighted by molar-refractivity contribution is 6.31. The quantitative estimate of drug-likeness (QED) is 0.689. The number of halogens is 1. The zero-order valence-electron chi connectivity index (χ0n) is 11.9.